The van der Waals surface area contributed by atoms with Crippen molar-refractivity contribution in [3.63, 3.8) is 0 Å². The van der Waals surface area contributed by atoms with Crippen molar-refractivity contribution in [3.8, 4) is 0 Å². The number of benzene rings is 2. The van der Waals surface area contributed by atoms with E-state index in [2.05, 4.69) is 0 Å². The van der Waals surface area contributed by atoms with Crippen LogP contribution in [-0.4, -0.2) is 18.4 Å². The first-order chi connectivity index (χ1) is 11.9. The lowest BCUT2D eigenvalue weighted by Gasteiger charge is -2.04. The van der Waals surface area contributed by atoms with Gasteiger partial charge in [0.15, 0.2) is 12.4 Å². The van der Waals surface area contributed by atoms with E-state index in [0.717, 1.165) is 22.6 Å². The summed E-state index contributed by atoms with van der Waals surface area (Å²) in [6.45, 7) is 3.56. The molecule has 0 atom stereocenters. The maximum absolute atomic E-state index is 13.1. The minimum atomic E-state index is -0.536. The molecule has 0 saturated heterocycles. The molecule has 2 aromatic carbocycles. The number of aryl methyl sites for hydroxylation is 2. The number of halogens is 1. The first kappa shape index (κ1) is 16.9. The van der Waals surface area contributed by atoms with Crippen LogP contribution in [0.4, 0.5) is 4.39 Å². The third-order valence-electron chi connectivity index (χ3n) is 4.12. The summed E-state index contributed by atoms with van der Waals surface area (Å²) in [6.07, 6.45) is 1.53. The van der Waals surface area contributed by atoms with Crippen molar-refractivity contribution in [1.82, 2.24) is 0 Å². The zero-order valence-corrected chi connectivity index (χ0v) is 14.0. The molecule has 0 fully saturated rings. The van der Waals surface area contributed by atoms with E-state index in [0.29, 0.717) is 11.1 Å². The summed E-state index contributed by atoms with van der Waals surface area (Å²) in [5, 5.41) is 0.858. The number of carbonyl (C=O) groups is 2. The van der Waals surface area contributed by atoms with Crippen LogP contribution < -0.4 is 0 Å². The van der Waals surface area contributed by atoms with Gasteiger partial charge in [0.25, 0.3) is 0 Å². The summed E-state index contributed by atoms with van der Waals surface area (Å²) in [6, 6.07) is 9.17. The van der Waals surface area contributed by atoms with Crippen molar-refractivity contribution >= 4 is 22.7 Å². The number of furan rings is 1. The molecule has 0 aliphatic heterocycles. The van der Waals surface area contributed by atoms with E-state index in [1.807, 2.05) is 26.0 Å². The van der Waals surface area contributed by atoms with Crippen molar-refractivity contribution < 1.29 is 23.1 Å². The van der Waals surface area contributed by atoms with Gasteiger partial charge in [0.2, 0.25) is 0 Å². The predicted octanol–water partition coefficient (Wildman–Crippen LogP) is 4.16. The molecule has 0 amide bonds. The summed E-state index contributed by atoms with van der Waals surface area (Å²) >= 11 is 0. The van der Waals surface area contributed by atoms with Crippen LogP contribution in [0.3, 0.4) is 0 Å². The Morgan fingerprint density at radius 1 is 1.12 bits per heavy atom. The van der Waals surface area contributed by atoms with Gasteiger partial charge in [0.1, 0.15) is 11.4 Å². The molecule has 0 unspecified atom stereocenters. The molecule has 1 aromatic heterocycles. The van der Waals surface area contributed by atoms with E-state index < -0.39 is 24.2 Å². The topological polar surface area (TPSA) is 56.5 Å². The lowest BCUT2D eigenvalue weighted by atomic mass is 10.0. The van der Waals surface area contributed by atoms with Crippen LogP contribution in [0.5, 0.6) is 0 Å². The van der Waals surface area contributed by atoms with E-state index in [9.17, 15) is 14.0 Å². The molecule has 25 heavy (non-hydrogen) atoms. The minimum absolute atomic E-state index is 0.00588. The van der Waals surface area contributed by atoms with E-state index in [1.54, 1.807) is 0 Å². The van der Waals surface area contributed by atoms with Gasteiger partial charge >= 0.3 is 5.97 Å². The number of esters is 1. The number of ketones is 1. The number of ether oxygens (including phenoxy) is 1. The predicted molar refractivity (Wildman–Crippen MR) is 91.1 cm³/mol. The van der Waals surface area contributed by atoms with Crippen molar-refractivity contribution in [2.75, 3.05) is 6.61 Å². The Morgan fingerprint density at radius 2 is 1.88 bits per heavy atom. The highest BCUT2D eigenvalue weighted by Gasteiger charge is 2.15. The van der Waals surface area contributed by atoms with Crippen molar-refractivity contribution in [2.24, 2.45) is 0 Å². The van der Waals surface area contributed by atoms with Gasteiger partial charge in [0.05, 0.1) is 12.7 Å². The Hall–Kier alpha value is -2.95. The Kier molecular flexibility index (Phi) is 4.65. The Morgan fingerprint density at radius 3 is 2.64 bits per heavy atom. The molecule has 0 aliphatic rings. The molecular weight excluding hydrogens is 323 g/mol. The van der Waals surface area contributed by atoms with Gasteiger partial charge in [-0.1, -0.05) is 12.1 Å². The highest BCUT2D eigenvalue weighted by Crippen LogP contribution is 2.25. The highest BCUT2D eigenvalue weighted by molar-refractivity contribution is 5.98. The second-order valence-corrected chi connectivity index (χ2v) is 5.96. The maximum Gasteiger partial charge on any atom is 0.310 e. The standard InChI is InChI=1S/C20H17FO4/c1-12-6-17-15(10-24-19(17)7-13(12)2)9-20(23)25-11-18(22)14-4-3-5-16(21)8-14/h3-8,10H,9,11H2,1-2H3. The molecule has 128 valence electrons. The maximum atomic E-state index is 13.1. The van der Waals surface area contributed by atoms with Gasteiger partial charge in [-0.2, -0.15) is 0 Å². The molecule has 0 radical (unpaired) electrons. The molecule has 0 N–H and O–H groups in total. The molecule has 0 spiro atoms. The fourth-order valence-electron chi connectivity index (χ4n) is 2.57. The largest absolute Gasteiger partial charge is 0.464 e. The monoisotopic (exact) mass is 340 g/mol. The lowest BCUT2D eigenvalue weighted by molar-refractivity contribution is -0.141. The van der Waals surface area contributed by atoms with Gasteiger partial charge in [-0.3, -0.25) is 9.59 Å². The molecule has 0 aliphatic carbocycles. The van der Waals surface area contributed by atoms with Crippen LogP contribution in [0.25, 0.3) is 11.0 Å². The summed E-state index contributed by atoms with van der Waals surface area (Å²) < 4.78 is 23.6. The molecule has 0 saturated carbocycles. The van der Waals surface area contributed by atoms with Crippen molar-refractivity contribution in [3.05, 3.63) is 70.7 Å². The van der Waals surface area contributed by atoms with Gasteiger partial charge in [0, 0.05) is 16.5 Å². The fraction of sp³-hybridized carbons (Fsp3) is 0.200. The van der Waals surface area contributed by atoms with Gasteiger partial charge < -0.3 is 9.15 Å². The zero-order valence-electron chi connectivity index (χ0n) is 14.0. The van der Waals surface area contributed by atoms with Gasteiger partial charge in [-0.15, -0.1) is 0 Å². The third kappa shape index (κ3) is 3.76. The number of carbonyl (C=O) groups excluding carboxylic acids is 2. The van der Waals surface area contributed by atoms with Crippen LogP contribution >= 0.6 is 0 Å². The SMILES string of the molecule is Cc1cc2occ(CC(=O)OCC(=O)c3cccc(F)c3)c2cc1C. The molecule has 0 bridgehead atoms. The second kappa shape index (κ2) is 6.89. The Labute approximate surface area is 144 Å². The van der Waals surface area contributed by atoms with Gasteiger partial charge in [-0.25, -0.2) is 4.39 Å². The summed E-state index contributed by atoms with van der Waals surface area (Å²) in [4.78, 5) is 24.0. The third-order valence-corrected chi connectivity index (χ3v) is 4.12. The average molecular weight is 340 g/mol. The summed E-state index contributed by atoms with van der Waals surface area (Å²) in [5.41, 5.74) is 3.80. The normalized spacial score (nSPS) is 10.8. The van der Waals surface area contributed by atoms with Crippen molar-refractivity contribution in [2.45, 2.75) is 20.3 Å². The average Bonchev–Trinajstić information content (AvgIpc) is 2.95. The highest BCUT2D eigenvalue weighted by atomic mass is 19.1. The molecule has 3 aromatic rings. The Balaban J connectivity index is 1.65. The summed E-state index contributed by atoms with van der Waals surface area (Å²) in [7, 11) is 0. The quantitative estimate of drug-likeness (QED) is 0.517. The van der Waals surface area contributed by atoms with E-state index in [4.69, 9.17) is 9.15 Å². The number of Topliss-reactive ketones (excluding diaryl/α,β-unsaturated/α-hetero) is 1. The van der Waals surface area contributed by atoms with Crippen molar-refractivity contribution in [1.29, 1.82) is 0 Å². The van der Waals surface area contributed by atoms with E-state index >= 15 is 0 Å². The molecular formula is C20H17FO4. The van der Waals surface area contributed by atoms with Crippen LogP contribution in [0.15, 0.2) is 47.1 Å². The zero-order chi connectivity index (χ0) is 18.0. The van der Waals surface area contributed by atoms with Crippen LogP contribution in [0.1, 0.15) is 27.0 Å². The smallest absolute Gasteiger partial charge is 0.310 e. The number of hydrogen-bond donors (Lipinski definition) is 0. The van der Waals surface area contributed by atoms with E-state index in [1.165, 1.54) is 24.5 Å². The molecule has 5 heteroatoms. The summed E-state index contributed by atoms with van der Waals surface area (Å²) in [5.74, 6) is -1.49. The first-order valence-electron chi connectivity index (χ1n) is 7.86. The van der Waals surface area contributed by atoms with Crippen LogP contribution in [0.2, 0.25) is 0 Å². The second-order valence-electron chi connectivity index (χ2n) is 5.96. The first-order valence-corrected chi connectivity index (χ1v) is 7.86. The fourth-order valence-corrected chi connectivity index (χ4v) is 2.57. The number of hydrogen-bond acceptors (Lipinski definition) is 4. The van der Waals surface area contributed by atoms with Gasteiger partial charge in [-0.05, 0) is 49.2 Å². The minimum Gasteiger partial charge on any atom is -0.464 e. The molecule has 1 heterocycles. The van der Waals surface area contributed by atoms with Crippen LogP contribution in [-0.2, 0) is 16.0 Å². The van der Waals surface area contributed by atoms with E-state index in [-0.39, 0.29) is 12.0 Å². The number of rotatable bonds is 5. The number of fused-ring (bicyclic) bond motifs is 1. The Bertz CT molecular complexity index is 955. The lowest BCUT2D eigenvalue weighted by Crippen LogP contribution is -2.15. The molecule has 3 rings (SSSR count). The molecule has 4 nitrogen and oxygen atoms in total. The van der Waals surface area contributed by atoms with Crippen LogP contribution in [0, 0.1) is 19.7 Å².